The summed E-state index contributed by atoms with van der Waals surface area (Å²) in [5.74, 6) is -0.581. The van der Waals surface area contributed by atoms with Gasteiger partial charge in [-0.3, -0.25) is 4.79 Å². The zero-order valence-electron chi connectivity index (χ0n) is 7.98. The van der Waals surface area contributed by atoms with Gasteiger partial charge < -0.3 is 4.74 Å². The van der Waals surface area contributed by atoms with Crippen molar-refractivity contribution in [1.29, 1.82) is 0 Å². The van der Waals surface area contributed by atoms with Crippen molar-refractivity contribution in [2.75, 3.05) is 7.11 Å². The van der Waals surface area contributed by atoms with Gasteiger partial charge >= 0.3 is 0 Å². The Morgan fingerprint density at radius 3 is 2.80 bits per heavy atom. The lowest BCUT2D eigenvalue weighted by Crippen LogP contribution is -2.20. The van der Waals surface area contributed by atoms with Crippen LogP contribution < -0.4 is 4.72 Å². The lowest BCUT2D eigenvalue weighted by molar-refractivity contribution is 0.0985. The van der Waals surface area contributed by atoms with E-state index in [2.05, 4.69) is 0 Å². The summed E-state index contributed by atoms with van der Waals surface area (Å²) in [5.41, 5.74) is 0.952. The highest BCUT2D eigenvalue weighted by Crippen LogP contribution is 2.23. The monoisotopic (exact) mass is 227 g/mol. The molecule has 0 fully saturated rings. The summed E-state index contributed by atoms with van der Waals surface area (Å²) in [6.45, 7) is 0.348. The lowest BCUT2D eigenvalue weighted by Gasteiger charge is -2.00. The van der Waals surface area contributed by atoms with Crippen LogP contribution in [0.25, 0.3) is 0 Å². The van der Waals surface area contributed by atoms with Crippen molar-refractivity contribution in [3.63, 3.8) is 0 Å². The smallest absolute Gasteiger partial charge is 0.266 e. The number of sulfonamides is 1. The second kappa shape index (κ2) is 3.32. The molecule has 80 valence electrons. The van der Waals surface area contributed by atoms with Gasteiger partial charge in [-0.05, 0) is 17.7 Å². The van der Waals surface area contributed by atoms with Crippen molar-refractivity contribution in [2.24, 2.45) is 0 Å². The number of methoxy groups -OCH3 is 1. The summed E-state index contributed by atoms with van der Waals surface area (Å²) < 4.78 is 29.6. The number of hydrogen-bond acceptors (Lipinski definition) is 4. The minimum Gasteiger partial charge on any atom is -0.380 e. The highest BCUT2D eigenvalue weighted by atomic mass is 32.2. The van der Waals surface area contributed by atoms with Gasteiger partial charge in [-0.2, -0.15) is 0 Å². The molecule has 0 spiro atoms. The van der Waals surface area contributed by atoms with Gasteiger partial charge in [0.05, 0.1) is 12.2 Å². The Hall–Kier alpha value is -1.40. The van der Waals surface area contributed by atoms with Crippen LogP contribution in [0.5, 0.6) is 0 Å². The van der Waals surface area contributed by atoms with Crippen molar-refractivity contribution in [3.05, 3.63) is 29.3 Å². The fourth-order valence-corrected chi connectivity index (χ4v) is 2.63. The molecule has 1 aromatic carbocycles. The van der Waals surface area contributed by atoms with Crippen molar-refractivity contribution < 1.29 is 17.9 Å². The zero-order chi connectivity index (χ0) is 11.1. The Balaban J connectivity index is 2.56. The van der Waals surface area contributed by atoms with E-state index in [0.717, 1.165) is 5.56 Å². The van der Waals surface area contributed by atoms with E-state index < -0.39 is 15.9 Å². The molecule has 0 aromatic heterocycles. The van der Waals surface area contributed by atoms with Gasteiger partial charge in [0.25, 0.3) is 15.9 Å². The molecule has 0 radical (unpaired) electrons. The fourth-order valence-electron chi connectivity index (χ4n) is 1.48. The van der Waals surface area contributed by atoms with Gasteiger partial charge in [-0.15, -0.1) is 0 Å². The molecule has 0 aliphatic carbocycles. The molecule has 0 unspecified atom stereocenters. The average molecular weight is 227 g/mol. The Bertz CT molecular complexity index is 521. The van der Waals surface area contributed by atoms with Crippen molar-refractivity contribution in [1.82, 2.24) is 4.72 Å². The Kier molecular flexibility index (Phi) is 2.24. The van der Waals surface area contributed by atoms with Crippen molar-refractivity contribution >= 4 is 15.9 Å². The van der Waals surface area contributed by atoms with Crippen LogP contribution in [-0.4, -0.2) is 21.4 Å². The lowest BCUT2D eigenvalue weighted by atomic mass is 10.1. The number of ether oxygens (including phenoxy) is 1. The maximum absolute atomic E-state index is 11.4. The summed E-state index contributed by atoms with van der Waals surface area (Å²) in [7, 11) is -2.10. The molecule has 1 aliphatic rings. The highest BCUT2D eigenvalue weighted by Gasteiger charge is 2.32. The topological polar surface area (TPSA) is 72.5 Å². The third-order valence-corrected chi connectivity index (χ3v) is 3.51. The van der Waals surface area contributed by atoms with Crippen LogP contribution >= 0.6 is 0 Å². The van der Waals surface area contributed by atoms with Crippen LogP contribution in [0.1, 0.15) is 15.9 Å². The fraction of sp³-hybridized carbons (Fsp3) is 0.222. The van der Waals surface area contributed by atoms with Crippen molar-refractivity contribution in [3.8, 4) is 0 Å². The first kappa shape index (κ1) is 10.1. The van der Waals surface area contributed by atoms with E-state index in [9.17, 15) is 13.2 Å². The molecule has 1 aliphatic heterocycles. The highest BCUT2D eigenvalue weighted by molar-refractivity contribution is 7.90. The van der Waals surface area contributed by atoms with E-state index in [4.69, 9.17) is 4.74 Å². The number of fused-ring (bicyclic) bond motifs is 1. The number of amides is 1. The van der Waals surface area contributed by atoms with Crippen LogP contribution in [0.2, 0.25) is 0 Å². The molecule has 0 saturated heterocycles. The molecular weight excluding hydrogens is 218 g/mol. The SMILES string of the molecule is COCc1ccc2c(c1)C(=O)NS2(=O)=O. The number of carbonyl (C=O) groups excluding carboxylic acids is 1. The first-order valence-corrected chi connectivity index (χ1v) is 5.72. The largest absolute Gasteiger partial charge is 0.380 e. The first-order chi connectivity index (χ1) is 7.04. The summed E-state index contributed by atoms with van der Waals surface area (Å²) in [4.78, 5) is 11.3. The van der Waals surface area contributed by atoms with Gasteiger partial charge in [0.1, 0.15) is 4.90 Å². The molecule has 2 rings (SSSR count). The summed E-state index contributed by atoms with van der Waals surface area (Å²) in [5, 5.41) is 0. The molecule has 6 heteroatoms. The summed E-state index contributed by atoms with van der Waals surface area (Å²) >= 11 is 0. The summed E-state index contributed by atoms with van der Waals surface area (Å²) in [6.07, 6.45) is 0. The quantitative estimate of drug-likeness (QED) is 0.786. The minimum absolute atomic E-state index is 0.0346. The van der Waals surface area contributed by atoms with Gasteiger partial charge in [0.15, 0.2) is 0 Å². The predicted molar refractivity (Wildman–Crippen MR) is 51.8 cm³/mol. The first-order valence-electron chi connectivity index (χ1n) is 4.23. The molecule has 0 saturated carbocycles. The van der Waals surface area contributed by atoms with Gasteiger partial charge in [-0.1, -0.05) is 6.07 Å². The zero-order valence-corrected chi connectivity index (χ0v) is 8.80. The third kappa shape index (κ3) is 1.62. The Labute approximate surface area is 87.1 Å². The second-order valence-electron chi connectivity index (χ2n) is 3.20. The van der Waals surface area contributed by atoms with E-state index in [-0.39, 0.29) is 10.5 Å². The van der Waals surface area contributed by atoms with E-state index in [1.165, 1.54) is 19.2 Å². The van der Waals surface area contributed by atoms with E-state index in [0.29, 0.717) is 6.61 Å². The maximum atomic E-state index is 11.4. The van der Waals surface area contributed by atoms with Crippen LogP contribution in [-0.2, 0) is 21.4 Å². The predicted octanol–water partition coefficient (Wildman–Crippen LogP) is 0.265. The third-order valence-electron chi connectivity index (χ3n) is 2.12. The van der Waals surface area contributed by atoms with Gasteiger partial charge in [0, 0.05) is 7.11 Å². The molecular formula is C9H9NO4S. The molecule has 5 nitrogen and oxygen atoms in total. The van der Waals surface area contributed by atoms with Crippen LogP contribution in [0.4, 0.5) is 0 Å². The number of nitrogens with one attached hydrogen (secondary N) is 1. The van der Waals surface area contributed by atoms with E-state index in [1.54, 1.807) is 6.07 Å². The summed E-state index contributed by atoms with van der Waals surface area (Å²) in [6, 6.07) is 4.57. The van der Waals surface area contributed by atoms with Gasteiger partial charge in [0.2, 0.25) is 0 Å². The number of hydrogen-bond donors (Lipinski definition) is 1. The number of carbonyl (C=O) groups is 1. The average Bonchev–Trinajstić information content (AvgIpc) is 2.38. The molecule has 1 amide bonds. The molecule has 1 heterocycles. The number of benzene rings is 1. The van der Waals surface area contributed by atoms with Crippen LogP contribution in [0.3, 0.4) is 0 Å². The number of rotatable bonds is 2. The molecule has 1 aromatic rings. The molecule has 0 bridgehead atoms. The Morgan fingerprint density at radius 1 is 1.40 bits per heavy atom. The molecule has 15 heavy (non-hydrogen) atoms. The van der Waals surface area contributed by atoms with E-state index in [1.807, 2.05) is 4.72 Å². The van der Waals surface area contributed by atoms with Crippen molar-refractivity contribution in [2.45, 2.75) is 11.5 Å². The van der Waals surface area contributed by atoms with E-state index >= 15 is 0 Å². The normalized spacial score (nSPS) is 17.3. The Morgan fingerprint density at radius 2 is 2.13 bits per heavy atom. The van der Waals surface area contributed by atoms with Crippen LogP contribution in [0.15, 0.2) is 23.1 Å². The van der Waals surface area contributed by atoms with Crippen LogP contribution in [0, 0.1) is 0 Å². The molecule has 1 N–H and O–H groups in total. The van der Waals surface area contributed by atoms with Gasteiger partial charge in [-0.25, -0.2) is 13.1 Å². The maximum Gasteiger partial charge on any atom is 0.266 e. The molecule has 0 atom stereocenters. The minimum atomic E-state index is -3.63. The standard InChI is InChI=1S/C9H9NO4S/c1-14-5-6-2-3-8-7(4-6)9(11)10-15(8,12)13/h2-4H,5H2,1H3,(H,10,11). The second-order valence-corrected chi connectivity index (χ2v) is 4.85.